The number of pyridine rings is 1. The molecule has 1 saturated heterocycles. The van der Waals surface area contributed by atoms with Gasteiger partial charge in [0.25, 0.3) is 0 Å². The number of amides is 1. The van der Waals surface area contributed by atoms with Crippen LogP contribution in [0, 0.1) is 5.82 Å². The molecule has 5 nitrogen and oxygen atoms in total. The monoisotopic (exact) mass is 328 g/mol. The van der Waals surface area contributed by atoms with E-state index in [0.717, 1.165) is 31.7 Å². The molecular weight excluding hydrogens is 307 g/mol. The number of aromatic nitrogens is 1. The Morgan fingerprint density at radius 3 is 2.62 bits per heavy atom. The topological polar surface area (TPSA) is 48.5 Å². The van der Waals surface area contributed by atoms with Crippen LogP contribution in [0.2, 0.25) is 0 Å². The molecule has 2 heterocycles. The van der Waals surface area contributed by atoms with Crippen molar-refractivity contribution in [2.75, 3.05) is 37.6 Å². The molecule has 0 atom stereocenters. The van der Waals surface area contributed by atoms with Crippen LogP contribution in [0.3, 0.4) is 0 Å². The fourth-order valence-corrected chi connectivity index (χ4v) is 2.82. The van der Waals surface area contributed by atoms with Crippen LogP contribution in [-0.2, 0) is 11.3 Å². The van der Waals surface area contributed by atoms with E-state index in [9.17, 15) is 9.18 Å². The highest BCUT2D eigenvalue weighted by atomic mass is 19.1. The number of anilines is 1. The third-order valence-corrected chi connectivity index (χ3v) is 4.15. The lowest BCUT2D eigenvalue weighted by molar-refractivity contribution is -0.122. The molecule has 0 unspecified atom stereocenters. The van der Waals surface area contributed by atoms with Crippen LogP contribution < -0.4 is 10.2 Å². The van der Waals surface area contributed by atoms with E-state index in [1.165, 1.54) is 6.07 Å². The molecule has 126 valence electrons. The number of rotatable bonds is 5. The Morgan fingerprint density at radius 2 is 1.92 bits per heavy atom. The standard InChI is InChI=1S/C18H21FN4O/c19-16-5-1-2-6-17(16)23-10-8-22(9-11-23)14-18(24)21-13-15-4-3-7-20-12-15/h1-7,12H,8-11,13-14H2,(H,21,24). The zero-order valence-electron chi connectivity index (χ0n) is 13.5. The molecular formula is C18H21FN4O. The van der Waals surface area contributed by atoms with E-state index in [1.54, 1.807) is 24.5 Å². The second-order valence-electron chi connectivity index (χ2n) is 5.85. The van der Waals surface area contributed by atoms with Gasteiger partial charge in [-0.25, -0.2) is 4.39 Å². The number of benzene rings is 1. The Balaban J connectivity index is 1.44. The maximum Gasteiger partial charge on any atom is 0.234 e. The summed E-state index contributed by atoms with van der Waals surface area (Å²) in [5.41, 5.74) is 1.62. The molecule has 0 radical (unpaired) electrons. The predicted octanol–water partition coefficient (Wildman–Crippen LogP) is 1.66. The molecule has 1 fully saturated rings. The second kappa shape index (κ2) is 7.88. The van der Waals surface area contributed by atoms with E-state index in [2.05, 4.69) is 15.2 Å². The summed E-state index contributed by atoms with van der Waals surface area (Å²) in [4.78, 5) is 20.2. The van der Waals surface area contributed by atoms with E-state index < -0.39 is 0 Å². The zero-order valence-corrected chi connectivity index (χ0v) is 13.5. The Kier molecular flexibility index (Phi) is 5.38. The minimum Gasteiger partial charge on any atom is -0.367 e. The van der Waals surface area contributed by atoms with Gasteiger partial charge in [0.2, 0.25) is 5.91 Å². The van der Waals surface area contributed by atoms with Crippen molar-refractivity contribution in [3.8, 4) is 0 Å². The number of para-hydroxylation sites is 1. The van der Waals surface area contributed by atoms with Crippen LogP contribution in [0.15, 0.2) is 48.8 Å². The molecule has 1 amide bonds. The molecule has 1 aromatic carbocycles. The van der Waals surface area contributed by atoms with Crippen LogP contribution in [0.5, 0.6) is 0 Å². The average Bonchev–Trinajstić information content (AvgIpc) is 2.62. The minimum atomic E-state index is -0.194. The molecule has 0 aliphatic carbocycles. The first kappa shape index (κ1) is 16.4. The van der Waals surface area contributed by atoms with Crippen LogP contribution in [-0.4, -0.2) is 48.5 Å². The fourth-order valence-electron chi connectivity index (χ4n) is 2.82. The molecule has 0 spiro atoms. The van der Waals surface area contributed by atoms with Crippen molar-refractivity contribution in [3.05, 3.63) is 60.2 Å². The van der Waals surface area contributed by atoms with E-state index in [-0.39, 0.29) is 11.7 Å². The average molecular weight is 328 g/mol. The first-order valence-electron chi connectivity index (χ1n) is 8.10. The summed E-state index contributed by atoms with van der Waals surface area (Å²) >= 11 is 0. The van der Waals surface area contributed by atoms with Gasteiger partial charge in [0, 0.05) is 45.1 Å². The maximum absolute atomic E-state index is 13.8. The van der Waals surface area contributed by atoms with Crippen molar-refractivity contribution in [1.82, 2.24) is 15.2 Å². The highest BCUT2D eigenvalue weighted by molar-refractivity contribution is 5.78. The van der Waals surface area contributed by atoms with Gasteiger partial charge >= 0.3 is 0 Å². The van der Waals surface area contributed by atoms with Gasteiger partial charge in [-0.15, -0.1) is 0 Å². The number of nitrogens with one attached hydrogen (secondary N) is 1. The lowest BCUT2D eigenvalue weighted by Gasteiger charge is -2.35. The van der Waals surface area contributed by atoms with E-state index in [4.69, 9.17) is 0 Å². The van der Waals surface area contributed by atoms with Crippen molar-refractivity contribution in [2.45, 2.75) is 6.54 Å². The zero-order chi connectivity index (χ0) is 16.8. The molecule has 6 heteroatoms. The molecule has 1 aromatic heterocycles. The number of nitrogens with zero attached hydrogens (tertiary/aromatic N) is 3. The highest BCUT2D eigenvalue weighted by Gasteiger charge is 2.20. The van der Waals surface area contributed by atoms with E-state index >= 15 is 0 Å². The van der Waals surface area contributed by atoms with Crippen LogP contribution >= 0.6 is 0 Å². The largest absolute Gasteiger partial charge is 0.367 e. The summed E-state index contributed by atoms with van der Waals surface area (Å²) in [6.07, 6.45) is 3.45. The van der Waals surface area contributed by atoms with Gasteiger partial charge < -0.3 is 10.2 Å². The molecule has 1 N–H and O–H groups in total. The third kappa shape index (κ3) is 4.29. The Morgan fingerprint density at radius 1 is 1.12 bits per heavy atom. The van der Waals surface area contributed by atoms with Crippen molar-refractivity contribution < 1.29 is 9.18 Å². The summed E-state index contributed by atoms with van der Waals surface area (Å²) < 4.78 is 13.8. The number of piperazine rings is 1. The summed E-state index contributed by atoms with van der Waals surface area (Å²) in [5.74, 6) is -0.196. The highest BCUT2D eigenvalue weighted by Crippen LogP contribution is 2.19. The van der Waals surface area contributed by atoms with Gasteiger partial charge in [-0.3, -0.25) is 14.7 Å². The van der Waals surface area contributed by atoms with Crippen LogP contribution in [0.25, 0.3) is 0 Å². The van der Waals surface area contributed by atoms with Crippen molar-refractivity contribution in [2.24, 2.45) is 0 Å². The summed E-state index contributed by atoms with van der Waals surface area (Å²) in [7, 11) is 0. The van der Waals surface area contributed by atoms with Gasteiger partial charge in [-0.1, -0.05) is 18.2 Å². The minimum absolute atomic E-state index is 0.00167. The second-order valence-corrected chi connectivity index (χ2v) is 5.85. The lowest BCUT2D eigenvalue weighted by atomic mass is 10.2. The van der Waals surface area contributed by atoms with E-state index in [0.29, 0.717) is 18.8 Å². The van der Waals surface area contributed by atoms with Crippen LogP contribution in [0.1, 0.15) is 5.56 Å². The smallest absolute Gasteiger partial charge is 0.234 e. The first-order chi connectivity index (χ1) is 11.7. The molecule has 24 heavy (non-hydrogen) atoms. The van der Waals surface area contributed by atoms with Gasteiger partial charge in [0.05, 0.1) is 12.2 Å². The molecule has 0 saturated carbocycles. The molecule has 1 aliphatic heterocycles. The Bertz CT molecular complexity index is 672. The van der Waals surface area contributed by atoms with E-state index in [1.807, 2.05) is 23.1 Å². The fraction of sp³-hybridized carbons (Fsp3) is 0.333. The molecule has 0 bridgehead atoms. The molecule has 2 aromatic rings. The summed E-state index contributed by atoms with van der Waals surface area (Å²) in [6.45, 7) is 3.78. The number of hydrogen-bond donors (Lipinski definition) is 1. The van der Waals surface area contributed by atoms with Crippen LogP contribution in [0.4, 0.5) is 10.1 Å². The molecule has 1 aliphatic rings. The quantitative estimate of drug-likeness (QED) is 0.907. The SMILES string of the molecule is O=C(CN1CCN(c2ccccc2F)CC1)NCc1cccnc1. The number of carbonyl (C=O) groups excluding carboxylic acids is 1. The Labute approximate surface area is 141 Å². The number of carbonyl (C=O) groups is 1. The van der Waals surface area contributed by atoms with Gasteiger partial charge in [-0.05, 0) is 23.8 Å². The van der Waals surface area contributed by atoms with Crippen molar-refractivity contribution in [3.63, 3.8) is 0 Å². The summed E-state index contributed by atoms with van der Waals surface area (Å²) in [5, 5.41) is 2.90. The molecule has 3 rings (SSSR count). The summed E-state index contributed by atoms with van der Waals surface area (Å²) in [6, 6.07) is 10.6. The number of hydrogen-bond acceptors (Lipinski definition) is 4. The van der Waals surface area contributed by atoms with Gasteiger partial charge in [-0.2, -0.15) is 0 Å². The third-order valence-electron chi connectivity index (χ3n) is 4.15. The maximum atomic E-state index is 13.8. The Hall–Kier alpha value is -2.47. The van der Waals surface area contributed by atoms with Gasteiger partial charge in [0.15, 0.2) is 0 Å². The number of halogens is 1. The lowest BCUT2D eigenvalue weighted by Crippen LogP contribution is -2.49. The normalized spacial score (nSPS) is 15.3. The predicted molar refractivity (Wildman–Crippen MR) is 91.1 cm³/mol. The van der Waals surface area contributed by atoms with Crippen molar-refractivity contribution >= 4 is 11.6 Å². The van der Waals surface area contributed by atoms with Crippen molar-refractivity contribution in [1.29, 1.82) is 0 Å². The van der Waals surface area contributed by atoms with Gasteiger partial charge in [0.1, 0.15) is 5.82 Å². The first-order valence-corrected chi connectivity index (χ1v) is 8.10.